The topological polar surface area (TPSA) is 64.6 Å². The third-order valence-corrected chi connectivity index (χ3v) is 3.79. The minimum Gasteiger partial charge on any atom is -0.465 e. The number of esters is 2. The molecule has 1 N–H and O–H groups in total. The van der Waals surface area contributed by atoms with Gasteiger partial charge in [0.2, 0.25) is 0 Å². The standard InChI is InChI=1S/C19H17NO4/c1-12-8-10-14(11-9-12)20-16-15(18(21)23-2)17(24-19(16)22)13-6-4-3-5-7-13/h3-11,17,20H,1-2H3. The molecule has 1 atom stereocenters. The molecule has 1 unspecified atom stereocenters. The Bertz CT molecular complexity index is 794. The molecule has 1 aliphatic rings. The minimum atomic E-state index is -0.779. The number of carbonyl (C=O) groups is 2. The molecule has 1 aliphatic heterocycles. The van der Waals surface area contributed by atoms with Gasteiger partial charge in [0, 0.05) is 5.69 Å². The van der Waals surface area contributed by atoms with Gasteiger partial charge in [0.15, 0.2) is 6.10 Å². The third kappa shape index (κ3) is 3.01. The monoisotopic (exact) mass is 323 g/mol. The Labute approximate surface area is 139 Å². The van der Waals surface area contributed by atoms with E-state index in [0.717, 1.165) is 5.56 Å². The number of benzene rings is 2. The number of nitrogens with one attached hydrogen (secondary N) is 1. The van der Waals surface area contributed by atoms with Crippen LogP contribution in [0.3, 0.4) is 0 Å². The number of anilines is 1. The molecule has 2 aromatic carbocycles. The maximum Gasteiger partial charge on any atom is 0.356 e. The van der Waals surface area contributed by atoms with Gasteiger partial charge in [-0.15, -0.1) is 0 Å². The predicted molar refractivity (Wildman–Crippen MR) is 89.1 cm³/mol. The van der Waals surface area contributed by atoms with E-state index in [9.17, 15) is 9.59 Å². The van der Waals surface area contributed by atoms with E-state index in [1.54, 1.807) is 12.1 Å². The lowest BCUT2D eigenvalue weighted by Gasteiger charge is -2.12. The van der Waals surface area contributed by atoms with Crippen LogP contribution in [0.25, 0.3) is 0 Å². The lowest BCUT2D eigenvalue weighted by Crippen LogP contribution is -2.14. The van der Waals surface area contributed by atoms with Crippen molar-refractivity contribution < 1.29 is 19.1 Å². The molecule has 0 fully saturated rings. The van der Waals surface area contributed by atoms with Crippen LogP contribution in [-0.2, 0) is 19.1 Å². The summed E-state index contributed by atoms with van der Waals surface area (Å²) in [5.41, 5.74) is 2.79. The van der Waals surface area contributed by atoms with Crippen LogP contribution in [0.5, 0.6) is 0 Å². The first-order valence-corrected chi connectivity index (χ1v) is 7.52. The van der Waals surface area contributed by atoms with Gasteiger partial charge in [-0.1, -0.05) is 48.0 Å². The molecule has 1 heterocycles. The number of carbonyl (C=O) groups excluding carboxylic acids is 2. The SMILES string of the molecule is COC(=O)C1=C(Nc2ccc(C)cc2)C(=O)OC1c1ccccc1. The van der Waals surface area contributed by atoms with Crippen LogP contribution in [0.2, 0.25) is 0 Å². The summed E-state index contributed by atoms with van der Waals surface area (Å²) >= 11 is 0. The van der Waals surface area contributed by atoms with Gasteiger partial charge < -0.3 is 14.8 Å². The van der Waals surface area contributed by atoms with E-state index < -0.39 is 18.0 Å². The Morgan fingerprint density at radius 1 is 1.08 bits per heavy atom. The van der Waals surface area contributed by atoms with Gasteiger partial charge in [-0.2, -0.15) is 0 Å². The van der Waals surface area contributed by atoms with Crippen molar-refractivity contribution in [3.63, 3.8) is 0 Å². The van der Waals surface area contributed by atoms with Crippen molar-refractivity contribution in [3.8, 4) is 0 Å². The average molecular weight is 323 g/mol. The molecule has 122 valence electrons. The molecule has 0 saturated heterocycles. The second-order valence-corrected chi connectivity index (χ2v) is 5.47. The van der Waals surface area contributed by atoms with Crippen LogP contribution in [0.1, 0.15) is 17.2 Å². The first kappa shape index (κ1) is 15.8. The van der Waals surface area contributed by atoms with Crippen molar-refractivity contribution in [2.24, 2.45) is 0 Å². The van der Waals surface area contributed by atoms with Gasteiger partial charge in [0.25, 0.3) is 0 Å². The van der Waals surface area contributed by atoms with Crippen LogP contribution in [0, 0.1) is 6.92 Å². The molecule has 3 rings (SSSR count). The zero-order valence-electron chi connectivity index (χ0n) is 13.4. The van der Waals surface area contributed by atoms with Gasteiger partial charge >= 0.3 is 11.9 Å². The molecule has 0 amide bonds. The second-order valence-electron chi connectivity index (χ2n) is 5.47. The van der Waals surface area contributed by atoms with Crippen molar-refractivity contribution in [1.29, 1.82) is 0 Å². The van der Waals surface area contributed by atoms with E-state index >= 15 is 0 Å². The lowest BCUT2D eigenvalue weighted by molar-refractivity contribution is -0.141. The zero-order valence-corrected chi connectivity index (χ0v) is 13.4. The van der Waals surface area contributed by atoms with E-state index in [1.807, 2.05) is 49.4 Å². The first-order valence-electron chi connectivity index (χ1n) is 7.52. The summed E-state index contributed by atoms with van der Waals surface area (Å²) in [7, 11) is 1.28. The summed E-state index contributed by atoms with van der Waals surface area (Å²) in [6.07, 6.45) is -0.779. The Morgan fingerprint density at radius 2 is 1.75 bits per heavy atom. The van der Waals surface area contributed by atoms with E-state index in [-0.39, 0.29) is 11.3 Å². The Hall–Kier alpha value is -3.08. The van der Waals surface area contributed by atoms with E-state index in [4.69, 9.17) is 9.47 Å². The number of rotatable bonds is 4. The summed E-state index contributed by atoms with van der Waals surface area (Å²) in [6, 6.07) is 16.6. The minimum absolute atomic E-state index is 0.111. The number of hydrogen-bond donors (Lipinski definition) is 1. The quantitative estimate of drug-likeness (QED) is 0.876. The normalized spacial score (nSPS) is 16.8. The van der Waals surface area contributed by atoms with Gasteiger partial charge in [0.05, 0.1) is 7.11 Å². The van der Waals surface area contributed by atoms with Crippen molar-refractivity contribution in [2.45, 2.75) is 13.0 Å². The Morgan fingerprint density at radius 3 is 2.38 bits per heavy atom. The molecular formula is C19H17NO4. The molecule has 2 aromatic rings. The molecule has 0 aliphatic carbocycles. The van der Waals surface area contributed by atoms with Crippen LogP contribution < -0.4 is 5.32 Å². The summed E-state index contributed by atoms with van der Waals surface area (Å²) in [6.45, 7) is 1.97. The van der Waals surface area contributed by atoms with Gasteiger partial charge in [-0.3, -0.25) is 0 Å². The first-order chi connectivity index (χ1) is 11.6. The van der Waals surface area contributed by atoms with Crippen molar-refractivity contribution >= 4 is 17.6 Å². The molecule has 24 heavy (non-hydrogen) atoms. The highest BCUT2D eigenvalue weighted by Gasteiger charge is 2.40. The molecule has 5 heteroatoms. The average Bonchev–Trinajstić information content (AvgIpc) is 2.93. The fraction of sp³-hybridized carbons (Fsp3) is 0.158. The van der Waals surface area contributed by atoms with Gasteiger partial charge in [-0.05, 0) is 24.6 Å². The molecule has 0 aromatic heterocycles. The molecule has 0 bridgehead atoms. The number of hydrogen-bond acceptors (Lipinski definition) is 5. The molecule has 0 spiro atoms. The summed E-state index contributed by atoms with van der Waals surface area (Å²) < 4.78 is 10.3. The summed E-state index contributed by atoms with van der Waals surface area (Å²) in [4.78, 5) is 24.6. The van der Waals surface area contributed by atoms with E-state index in [1.165, 1.54) is 7.11 Å². The molecule has 5 nitrogen and oxygen atoms in total. The Kier molecular flexibility index (Phi) is 4.33. The second kappa shape index (κ2) is 6.58. The van der Waals surface area contributed by atoms with Gasteiger partial charge in [0.1, 0.15) is 11.3 Å². The number of cyclic esters (lactones) is 1. The summed E-state index contributed by atoms with van der Waals surface area (Å²) in [5.74, 6) is -1.17. The number of methoxy groups -OCH3 is 1. The smallest absolute Gasteiger partial charge is 0.356 e. The summed E-state index contributed by atoms with van der Waals surface area (Å²) in [5, 5.41) is 2.99. The van der Waals surface area contributed by atoms with E-state index in [0.29, 0.717) is 11.3 Å². The maximum atomic E-state index is 12.3. The maximum absolute atomic E-state index is 12.3. The van der Waals surface area contributed by atoms with Gasteiger partial charge in [-0.25, -0.2) is 9.59 Å². The zero-order chi connectivity index (χ0) is 17.1. The fourth-order valence-corrected chi connectivity index (χ4v) is 2.55. The lowest BCUT2D eigenvalue weighted by atomic mass is 10.0. The number of aryl methyl sites for hydroxylation is 1. The Balaban J connectivity index is 2.02. The molecule has 0 saturated carbocycles. The number of ether oxygens (including phenoxy) is 2. The van der Waals surface area contributed by atoms with Crippen molar-refractivity contribution in [2.75, 3.05) is 12.4 Å². The van der Waals surface area contributed by atoms with Crippen LogP contribution in [-0.4, -0.2) is 19.0 Å². The van der Waals surface area contributed by atoms with E-state index in [2.05, 4.69) is 5.32 Å². The fourth-order valence-electron chi connectivity index (χ4n) is 2.55. The van der Waals surface area contributed by atoms with Crippen molar-refractivity contribution in [1.82, 2.24) is 0 Å². The highest BCUT2D eigenvalue weighted by Crippen LogP contribution is 2.36. The largest absolute Gasteiger partial charge is 0.465 e. The molecule has 0 radical (unpaired) electrons. The molecular weight excluding hydrogens is 306 g/mol. The predicted octanol–water partition coefficient (Wildman–Crippen LogP) is 3.13. The van der Waals surface area contributed by atoms with Crippen LogP contribution in [0.15, 0.2) is 65.9 Å². The highest BCUT2D eigenvalue weighted by atomic mass is 16.6. The van der Waals surface area contributed by atoms with Crippen LogP contribution in [0.4, 0.5) is 5.69 Å². The third-order valence-electron chi connectivity index (χ3n) is 3.79. The highest BCUT2D eigenvalue weighted by molar-refractivity contribution is 6.06. The van der Waals surface area contributed by atoms with Crippen molar-refractivity contribution in [3.05, 3.63) is 77.0 Å². The van der Waals surface area contributed by atoms with Crippen LogP contribution >= 0.6 is 0 Å².